The molecule has 3 aromatic rings. The van der Waals surface area contributed by atoms with Gasteiger partial charge in [-0.05, 0) is 31.0 Å². The molecule has 0 saturated carbocycles. The normalized spacial score (nSPS) is 13.0. The SMILES string of the molecule is CC(=O)OC([C@H](C)NC(=O)OCc1ccccc1)n1ncc2ccc(C)cc21. The first kappa shape index (κ1) is 19.4. The summed E-state index contributed by atoms with van der Waals surface area (Å²) >= 11 is 0. The lowest BCUT2D eigenvalue weighted by Gasteiger charge is -2.25. The number of esters is 1. The molecule has 28 heavy (non-hydrogen) atoms. The molecule has 2 aromatic carbocycles. The number of alkyl carbamates (subject to hydrolysis) is 1. The van der Waals surface area contributed by atoms with Crippen LogP contribution >= 0.6 is 0 Å². The molecule has 0 spiro atoms. The molecular formula is C21H23N3O4. The Morgan fingerprint density at radius 3 is 2.64 bits per heavy atom. The molecule has 0 fully saturated rings. The Hall–Kier alpha value is -3.35. The number of nitrogens with one attached hydrogen (secondary N) is 1. The molecule has 1 N–H and O–H groups in total. The third-order valence-corrected chi connectivity index (χ3v) is 4.27. The summed E-state index contributed by atoms with van der Waals surface area (Å²) in [6.07, 6.45) is 0.299. The third kappa shape index (κ3) is 4.68. The second-order valence-electron chi connectivity index (χ2n) is 6.65. The molecule has 1 unspecified atom stereocenters. The zero-order chi connectivity index (χ0) is 20.1. The first-order valence-electron chi connectivity index (χ1n) is 9.02. The van der Waals surface area contributed by atoms with Crippen molar-refractivity contribution in [2.24, 2.45) is 0 Å². The monoisotopic (exact) mass is 381 g/mol. The number of aromatic nitrogens is 2. The maximum Gasteiger partial charge on any atom is 0.407 e. The lowest BCUT2D eigenvalue weighted by atomic mass is 10.2. The van der Waals surface area contributed by atoms with Crippen molar-refractivity contribution in [3.8, 4) is 0 Å². The van der Waals surface area contributed by atoms with Crippen LogP contribution in [0.25, 0.3) is 10.9 Å². The van der Waals surface area contributed by atoms with Gasteiger partial charge in [-0.3, -0.25) is 4.79 Å². The van der Waals surface area contributed by atoms with Gasteiger partial charge in [0.05, 0.1) is 17.8 Å². The van der Waals surface area contributed by atoms with Gasteiger partial charge in [-0.1, -0.05) is 42.5 Å². The molecule has 0 radical (unpaired) electrons. The summed E-state index contributed by atoms with van der Waals surface area (Å²) in [4.78, 5) is 23.8. The van der Waals surface area contributed by atoms with Crippen molar-refractivity contribution in [1.82, 2.24) is 15.1 Å². The molecule has 0 aliphatic carbocycles. The Morgan fingerprint density at radius 2 is 1.93 bits per heavy atom. The van der Waals surface area contributed by atoms with Gasteiger partial charge in [0.15, 0.2) is 0 Å². The van der Waals surface area contributed by atoms with E-state index in [-0.39, 0.29) is 6.61 Å². The predicted molar refractivity (Wildman–Crippen MR) is 104 cm³/mol. The highest BCUT2D eigenvalue weighted by Crippen LogP contribution is 2.22. The fraction of sp³-hybridized carbons (Fsp3) is 0.286. The second-order valence-corrected chi connectivity index (χ2v) is 6.65. The lowest BCUT2D eigenvalue weighted by molar-refractivity contribution is -0.153. The number of amides is 1. The van der Waals surface area contributed by atoms with Crippen LogP contribution in [0, 0.1) is 6.92 Å². The molecule has 0 aliphatic heterocycles. The van der Waals surface area contributed by atoms with Gasteiger partial charge in [0.25, 0.3) is 0 Å². The van der Waals surface area contributed by atoms with Crippen LogP contribution in [0.2, 0.25) is 0 Å². The van der Waals surface area contributed by atoms with Gasteiger partial charge < -0.3 is 14.8 Å². The number of nitrogens with zero attached hydrogens (tertiary/aromatic N) is 2. The van der Waals surface area contributed by atoms with Crippen molar-refractivity contribution >= 4 is 23.0 Å². The van der Waals surface area contributed by atoms with Crippen LogP contribution in [0.15, 0.2) is 54.7 Å². The van der Waals surface area contributed by atoms with Gasteiger partial charge in [-0.2, -0.15) is 5.10 Å². The quantitative estimate of drug-likeness (QED) is 0.658. The van der Waals surface area contributed by atoms with Crippen LogP contribution in [0.3, 0.4) is 0 Å². The average molecular weight is 381 g/mol. The van der Waals surface area contributed by atoms with Crippen LogP contribution < -0.4 is 5.32 Å². The Balaban J connectivity index is 1.74. The number of carbonyl (C=O) groups excluding carboxylic acids is 2. The van der Waals surface area contributed by atoms with Gasteiger partial charge >= 0.3 is 12.1 Å². The van der Waals surface area contributed by atoms with E-state index >= 15 is 0 Å². The number of hydrogen-bond acceptors (Lipinski definition) is 5. The summed E-state index contributed by atoms with van der Waals surface area (Å²) < 4.78 is 12.3. The topological polar surface area (TPSA) is 82.5 Å². The molecule has 1 heterocycles. The molecule has 7 heteroatoms. The zero-order valence-electron chi connectivity index (χ0n) is 16.1. The number of ether oxygens (including phenoxy) is 2. The van der Waals surface area contributed by atoms with Crippen molar-refractivity contribution in [3.05, 3.63) is 65.9 Å². The van der Waals surface area contributed by atoms with Crippen LogP contribution in [0.1, 0.15) is 31.2 Å². The minimum absolute atomic E-state index is 0.154. The molecule has 0 saturated heterocycles. The van der Waals surface area contributed by atoms with Crippen LogP contribution in [-0.4, -0.2) is 27.9 Å². The number of carbonyl (C=O) groups is 2. The summed E-state index contributed by atoms with van der Waals surface area (Å²) in [6.45, 7) is 5.19. The Bertz CT molecular complexity index is 968. The van der Waals surface area contributed by atoms with E-state index in [2.05, 4.69) is 10.4 Å². The second kappa shape index (κ2) is 8.56. The Kier molecular flexibility index (Phi) is 5.93. The molecule has 3 rings (SSSR count). The predicted octanol–water partition coefficient (Wildman–Crippen LogP) is 3.72. The van der Waals surface area contributed by atoms with Crippen LogP contribution in [0.5, 0.6) is 0 Å². The highest BCUT2D eigenvalue weighted by atomic mass is 16.6. The standard InChI is InChI=1S/C21H23N3O4/c1-14-9-10-18-12-22-24(19(18)11-14)20(28-16(3)25)15(2)23-21(26)27-13-17-7-5-4-6-8-17/h4-12,15,20H,13H2,1-3H3,(H,23,26)/t15-,20?/m0/s1. The number of hydrogen-bond donors (Lipinski definition) is 1. The smallest absolute Gasteiger partial charge is 0.407 e. The van der Waals surface area contributed by atoms with Crippen molar-refractivity contribution < 1.29 is 19.1 Å². The maximum atomic E-state index is 12.2. The minimum atomic E-state index is -0.805. The summed E-state index contributed by atoms with van der Waals surface area (Å²) in [6, 6.07) is 14.7. The third-order valence-electron chi connectivity index (χ3n) is 4.27. The van der Waals surface area contributed by atoms with Gasteiger partial charge in [0.2, 0.25) is 6.23 Å². The highest BCUT2D eigenvalue weighted by Gasteiger charge is 2.26. The maximum absolute atomic E-state index is 12.2. The van der Waals surface area contributed by atoms with E-state index < -0.39 is 24.3 Å². The van der Waals surface area contributed by atoms with E-state index in [0.29, 0.717) is 0 Å². The van der Waals surface area contributed by atoms with Crippen molar-refractivity contribution in [2.45, 2.75) is 39.6 Å². The molecule has 146 valence electrons. The van der Waals surface area contributed by atoms with E-state index in [1.807, 2.05) is 55.5 Å². The fourth-order valence-electron chi connectivity index (χ4n) is 2.91. The van der Waals surface area contributed by atoms with Crippen molar-refractivity contribution in [2.75, 3.05) is 0 Å². The molecule has 0 aliphatic rings. The number of aryl methyl sites for hydroxylation is 1. The summed E-state index contributed by atoms with van der Waals surface area (Å²) in [5.74, 6) is -0.465. The van der Waals surface area contributed by atoms with Gasteiger partial charge in [0, 0.05) is 12.3 Å². The van der Waals surface area contributed by atoms with E-state index in [9.17, 15) is 9.59 Å². The molecule has 2 atom stereocenters. The number of benzene rings is 2. The molecule has 1 amide bonds. The molecule has 7 nitrogen and oxygen atoms in total. The van der Waals surface area contributed by atoms with Crippen molar-refractivity contribution in [1.29, 1.82) is 0 Å². The average Bonchev–Trinajstić information content (AvgIpc) is 3.07. The van der Waals surface area contributed by atoms with Gasteiger partial charge in [0.1, 0.15) is 6.61 Å². The van der Waals surface area contributed by atoms with E-state index in [0.717, 1.165) is 22.0 Å². The van der Waals surface area contributed by atoms with E-state index in [4.69, 9.17) is 9.47 Å². The summed E-state index contributed by atoms with van der Waals surface area (Å²) in [7, 11) is 0. The number of fused-ring (bicyclic) bond motifs is 1. The first-order valence-corrected chi connectivity index (χ1v) is 9.02. The molecule has 1 aromatic heterocycles. The Morgan fingerprint density at radius 1 is 1.18 bits per heavy atom. The summed E-state index contributed by atoms with van der Waals surface area (Å²) in [5, 5.41) is 8.00. The Labute approximate surface area is 163 Å². The van der Waals surface area contributed by atoms with E-state index in [1.165, 1.54) is 6.92 Å². The van der Waals surface area contributed by atoms with Gasteiger partial charge in [-0.15, -0.1) is 0 Å². The first-order chi connectivity index (χ1) is 13.4. The minimum Gasteiger partial charge on any atom is -0.445 e. The lowest BCUT2D eigenvalue weighted by Crippen LogP contribution is -2.41. The summed E-state index contributed by atoms with van der Waals surface area (Å²) in [5.41, 5.74) is 2.76. The largest absolute Gasteiger partial charge is 0.445 e. The molecular weight excluding hydrogens is 358 g/mol. The fourth-order valence-corrected chi connectivity index (χ4v) is 2.91. The zero-order valence-corrected chi connectivity index (χ0v) is 16.1. The highest BCUT2D eigenvalue weighted by molar-refractivity contribution is 5.79. The van der Waals surface area contributed by atoms with Crippen LogP contribution in [0.4, 0.5) is 4.79 Å². The van der Waals surface area contributed by atoms with E-state index in [1.54, 1.807) is 17.8 Å². The van der Waals surface area contributed by atoms with Crippen molar-refractivity contribution in [3.63, 3.8) is 0 Å². The number of rotatable bonds is 6. The van der Waals surface area contributed by atoms with Crippen LogP contribution in [-0.2, 0) is 20.9 Å². The van der Waals surface area contributed by atoms with Gasteiger partial charge in [-0.25, -0.2) is 9.48 Å². The molecule has 0 bridgehead atoms.